The van der Waals surface area contributed by atoms with Crippen molar-refractivity contribution in [1.82, 2.24) is 0 Å². The highest BCUT2D eigenvalue weighted by molar-refractivity contribution is 7.87. The zero-order valence-electron chi connectivity index (χ0n) is 28.1. The van der Waals surface area contributed by atoms with Crippen LogP contribution in [0.15, 0.2) is 120 Å². The third-order valence-corrected chi connectivity index (χ3v) is 11.7. The Kier molecular flexibility index (Phi) is 9.95. The van der Waals surface area contributed by atoms with Crippen LogP contribution in [0.25, 0.3) is 28.0 Å². The topological polar surface area (TPSA) is 284 Å². The lowest BCUT2D eigenvalue weighted by atomic mass is 9.94. The number of rotatable bonds is 9. The lowest BCUT2D eigenvalue weighted by Gasteiger charge is -2.17. The van der Waals surface area contributed by atoms with Crippen LogP contribution in [-0.4, -0.2) is 63.4 Å². The molecular formula is C34H26N4O13S4. The molecule has 21 heteroatoms. The van der Waals surface area contributed by atoms with Crippen LogP contribution < -0.4 is 5.43 Å². The molecule has 284 valence electrons. The number of hydrogen-bond acceptors (Lipinski definition) is 13. The average Bonchev–Trinajstić information content (AvgIpc) is 3.08. The van der Waals surface area contributed by atoms with Crippen LogP contribution in [0.5, 0.6) is 0 Å². The Hall–Kier alpha value is -5.52. The molecule has 55 heavy (non-hydrogen) atoms. The van der Waals surface area contributed by atoms with Gasteiger partial charge in [0.15, 0.2) is 0 Å². The van der Waals surface area contributed by atoms with Crippen molar-refractivity contribution in [3.63, 3.8) is 0 Å². The number of anilines is 1. The number of azo groups is 1. The Morgan fingerprint density at radius 2 is 1.15 bits per heavy atom. The molecule has 5 N–H and O–H groups in total. The number of allylic oxidation sites excluding steroid dienone is 1. The van der Waals surface area contributed by atoms with Gasteiger partial charge in [-0.3, -0.25) is 28.4 Å². The average molecular weight is 827 g/mol. The molecule has 1 aliphatic carbocycles. The molecule has 5 aromatic rings. The standard InChI is InChI=1S/C34H26N4O13S4/c1-18-11-20(3-8-28(18)35-37-30-16-25(53(43,44)45)15-23-14-24(52(40,41)42)6-7-27(23)30)21-4-9-29(19(2)12-21)36-38-34-31(39)10-5-22-13-26(54(46,47)48)17-32(33(22)34)55(49,50)51/h3-17,36H,1-2H3,(H,40,41,42)(H,43,44,45)(H,46,47,48)(H,49,50,51)/b37-35?,38-34+. The predicted molar refractivity (Wildman–Crippen MR) is 199 cm³/mol. The first-order chi connectivity index (χ1) is 25.5. The van der Waals surface area contributed by atoms with E-state index in [1.165, 1.54) is 6.07 Å². The number of nitrogens with zero attached hydrogens (tertiary/aromatic N) is 3. The van der Waals surface area contributed by atoms with Crippen LogP contribution in [0.1, 0.15) is 22.3 Å². The minimum atomic E-state index is -5.10. The van der Waals surface area contributed by atoms with Gasteiger partial charge in [-0.2, -0.15) is 43.9 Å². The first-order valence-corrected chi connectivity index (χ1v) is 21.1. The third kappa shape index (κ3) is 8.28. The number of carbonyl (C=O) groups excluding carboxylic acids is 1. The first kappa shape index (κ1) is 39.2. The van der Waals surface area contributed by atoms with Crippen LogP contribution in [-0.2, 0) is 45.3 Å². The van der Waals surface area contributed by atoms with Gasteiger partial charge in [-0.1, -0.05) is 24.3 Å². The van der Waals surface area contributed by atoms with E-state index in [4.69, 9.17) is 0 Å². The minimum absolute atomic E-state index is 0.00992. The maximum absolute atomic E-state index is 12.8. The van der Waals surface area contributed by atoms with E-state index in [1.807, 2.05) is 0 Å². The van der Waals surface area contributed by atoms with Gasteiger partial charge in [0.1, 0.15) is 10.6 Å². The quantitative estimate of drug-likeness (QED) is 0.0654. The molecule has 0 amide bonds. The van der Waals surface area contributed by atoms with Crippen molar-refractivity contribution in [1.29, 1.82) is 0 Å². The smallest absolute Gasteiger partial charge is 0.287 e. The van der Waals surface area contributed by atoms with E-state index in [9.17, 15) is 56.7 Å². The fourth-order valence-corrected chi connectivity index (χ4v) is 8.08. The summed E-state index contributed by atoms with van der Waals surface area (Å²) < 4.78 is 134. The molecule has 0 fully saturated rings. The van der Waals surface area contributed by atoms with Crippen molar-refractivity contribution in [2.45, 2.75) is 33.4 Å². The van der Waals surface area contributed by atoms with Gasteiger partial charge in [0, 0.05) is 10.9 Å². The van der Waals surface area contributed by atoms with Crippen molar-refractivity contribution in [3.8, 4) is 11.1 Å². The summed E-state index contributed by atoms with van der Waals surface area (Å²) >= 11 is 0. The maximum Gasteiger partial charge on any atom is 0.295 e. The minimum Gasteiger partial charge on any atom is -0.287 e. The highest BCUT2D eigenvalue weighted by atomic mass is 32.2. The third-order valence-electron chi connectivity index (χ3n) is 8.35. The predicted octanol–water partition coefficient (Wildman–Crippen LogP) is 5.94. The van der Waals surface area contributed by atoms with Crippen molar-refractivity contribution >= 4 is 85.9 Å². The van der Waals surface area contributed by atoms with E-state index >= 15 is 0 Å². The molecular weight excluding hydrogens is 801 g/mol. The second-order valence-electron chi connectivity index (χ2n) is 12.1. The Labute approximate surface area is 313 Å². The molecule has 0 aliphatic heterocycles. The van der Waals surface area contributed by atoms with Crippen molar-refractivity contribution in [3.05, 3.63) is 107 Å². The van der Waals surface area contributed by atoms with Crippen LogP contribution >= 0.6 is 0 Å². The monoisotopic (exact) mass is 826 g/mol. The van der Waals surface area contributed by atoms with Crippen LogP contribution in [0.3, 0.4) is 0 Å². The molecule has 0 aromatic heterocycles. The SMILES string of the molecule is Cc1cc(-c2ccc(N/N=C3\C(=O)C=Cc4cc(S(=O)(=O)O)cc(S(=O)(=O)O)c43)c(C)c2)ccc1N=Nc1cc(S(=O)(=O)O)cc2cc(S(=O)(=O)O)ccc12. The molecule has 0 heterocycles. The lowest BCUT2D eigenvalue weighted by Crippen LogP contribution is -2.23. The number of hydrazone groups is 1. The normalized spacial score (nSPS) is 14.5. The van der Waals surface area contributed by atoms with E-state index in [-0.39, 0.29) is 27.6 Å². The number of nitrogens with one attached hydrogen (secondary N) is 1. The maximum atomic E-state index is 12.8. The number of aryl methyl sites for hydroxylation is 2. The zero-order chi connectivity index (χ0) is 40.2. The molecule has 6 rings (SSSR count). The van der Waals surface area contributed by atoms with Gasteiger partial charge < -0.3 is 0 Å². The molecule has 0 bridgehead atoms. The number of fused-ring (bicyclic) bond motifs is 2. The number of benzene rings is 5. The van der Waals surface area contributed by atoms with Crippen LogP contribution in [0.4, 0.5) is 17.1 Å². The van der Waals surface area contributed by atoms with Gasteiger partial charge in [0.25, 0.3) is 40.5 Å². The molecule has 17 nitrogen and oxygen atoms in total. The summed E-state index contributed by atoms with van der Waals surface area (Å²) in [6, 6.07) is 17.3. The van der Waals surface area contributed by atoms with E-state index in [0.717, 1.165) is 53.6 Å². The second kappa shape index (κ2) is 14.0. The fourth-order valence-electron chi connectivity index (χ4n) is 5.66. The van der Waals surface area contributed by atoms with E-state index in [1.54, 1.807) is 50.2 Å². The largest absolute Gasteiger partial charge is 0.295 e. The molecule has 0 saturated carbocycles. The van der Waals surface area contributed by atoms with Gasteiger partial charge in [-0.05, 0) is 114 Å². The van der Waals surface area contributed by atoms with Crippen molar-refractivity contribution in [2.24, 2.45) is 15.3 Å². The number of ketones is 1. The molecule has 0 radical (unpaired) electrons. The Morgan fingerprint density at radius 3 is 1.75 bits per heavy atom. The lowest BCUT2D eigenvalue weighted by molar-refractivity contribution is -0.108. The summed E-state index contributed by atoms with van der Waals surface area (Å²) in [6.07, 6.45) is 2.15. The Bertz CT molecular complexity index is 3040. The summed E-state index contributed by atoms with van der Waals surface area (Å²) in [5, 5.41) is 12.9. The van der Waals surface area contributed by atoms with Gasteiger partial charge in [0.05, 0.1) is 31.7 Å². The first-order valence-electron chi connectivity index (χ1n) is 15.4. The van der Waals surface area contributed by atoms with E-state index < -0.39 is 71.5 Å². The van der Waals surface area contributed by atoms with Crippen molar-refractivity contribution in [2.75, 3.05) is 5.43 Å². The molecule has 1 aliphatic rings. The molecule has 0 spiro atoms. The van der Waals surface area contributed by atoms with Gasteiger partial charge in [-0.25, -0.2) is 0 Å². The molecule has 0 unspecified atom stereocenters. The van der Waals surface area contributed by atoms with E-state index in [0.29, 0.717) is 28.6 Å². The summed E-state index contributed by atoms with van der Waals surface area (Å²) in [7, 11) is -19.3. The summed E-state index contributed by atoms with van der Waals surface area (Å²) in [6.45, 7) is 3.47. The second-order valence-corrected chi connectivity index (χ2v) is 17.8. The van der Waals surface area contributed by atoms with Gasteiger partial charge in [0.2, 0.25) is 5.78 Å². The number of carbonyl (C=O) groups is 1. The Balaban J connectivity index is 1.29. The van der Waals surface area contributed by atoms with Gasteiger partial charge >= 0.3 is 0 Å². The van der Waals surface area contributed by atoms with E-state index in [2.05, 4.69) is 20.8 Å². The highest BCUT2D eigenvalue weighted by Gasteiger charge is 2.30. The summed E-state index contributed by atoms with van der Waals surface area (Å²) in [4.78, 5) is 9.99. The zero-order valence-corrected chi connectivity index (χ0v) is 31.4. The molecule has 0 saturated heterocycles. The summed E-state index contributed by atoms with van der Waals surface area (Å²) in [5.41, 5.74) is 5.30. The molecule has 0 atom stereocenters. The summed E-state index contributed by atoms with van der Waals surface area (Å²) in [5.74, 6) is -0.753. The van der Waals surface area contributed by atoms with Crippen LogP contribution in [0, 0.1) is 13.8 Å². The highest BCUT2D eigenvalue weighted by Crippen LogP contribution is 2.35. The van der Waals surface area contributed by atoms with Gasteiger partial charge in [-0.15, -0.1) is 5.11 Å². The number of hydrogen-bond donors (Lipinski definition) is 5. The van der Waals surface area contributed by atoms with Crippen LogP contribution in [0.2, 0.25) is 0 Å². The fraction of sp³-hybridized carbons (Fsp3) is 0.0588. The van der Waals surface area contributed by atoms with Crippen molar-refractivity contribution < 1.29 is 56.7 Å². The molecule has 5 aromatic carbocycles. The Morgan fingerprint density at radius 1 is 0.564 bits per heavy atom.